The summed E-state index contributed by atoms with van der Waals surface area (Å²) >= 11 is 0. The average Bonchev–Trinajstić information content (AvgIpc) is 3.20. The highest BCUT2D eigenvalue weighted by molar-refractivity contribution is 5.77. The summed E-state index contributed by atoms with van der Waals surface area (Å²) in [5.41, 5.74) is 0. The molecule has 0 spiro atoms. The lowest BCUT2D eigenvalue weighted by atomic mass is 10.3. The first-order valence-corrected chi connectivity index (χ1v) is 7.12. The molecular formula is C13H25N3O2. The zero-order valence-electron chi connectivity index (χ0n) is 11.1. The van der Waals surface area contributed by atoms with Crippen molar-refractivity contribution in [2.24, 2.45) is 5.92 Å². The van der Waals surface area contributed by atoms with Crippen molar-refractivity contribution in [1.82, 2.24) is 15.5 Å². The summed E-state index contributed by atoms with van der Waals surface area (Å²) in [4.78, 5) is 13.9. The molecule has 1 amide bonds. The molecular weight excluding hydrogens is 230 g/mol. The number of rotatable bonds is 8. The van der Waals surface area contributed by atoms with Crippen LogP contribution >= 0.6 is 0 Å². The molecule has 2 fully saturated rings. The van der Waals surface area contributed by atoms with Gasteiger partial charge in [0.05, 0.1) is 19.8 Å². The molecule has 2 N–H and O–H groups in total. The van der Waals surface area contributed by atoms with Gasteiger partial charge in [0, 0.05) is 19.6 Å². The van der Waals surface area contributed by atoms with Gasteiger partial charge < -0.3 is 15.4 Å². The van der Waals surface area contributed by atoms with Crippen LogP contribution in [0, 0.1) is 5.92 Å². The lowest BCUT2D eigenvalue weighted by Gasteiger charge is -2.26. The Morgan fingerprint density at radius 1 is 1.28 bits per heavy atom. The number of amides is 1. The van der Waals surface area contributed by atoms with E-state index in [4.69, 9.17) is 4.74 Å². The van der Waals surface area contributed by atoms with Crippen molar-refractivity contribution in [3.8, 4) is 0 Å². The van der Waals surface area contributed by atoms with E-state index in [-0.39, 0.29) is 5.91 Å². The summed E-state index contributed by atoms with van der Waals surface area (Å²) < 4.78 is 5.29. The highest BCUT2D eigenvalue weighted by Gasteiger charge is 2.20. The first-order chi connectivity index (χ1) is 8.84. The molecule has 0 radical (unpaired) electrons. The predicted molar refractivity (Wildman–Crippen MR) is 70.5 cm³/mol. The van der Waals surface area contributed by atoms with Crippen LogP contribution in [0.5, 0.6) is 0 Å². The Kier molecular flexibility index (Phi) is 5.90. The zero-order chi connectivity index (χ0) is 12.6. The molecule has 104 valence electrons. The second kappa shape index (κ2) is 7.71. The SMILES string of the molecule is O=C(CNCC1CC1)NCCCN1CCOCC1. The molecule has 0 aromatic rings. The van der Waals surface area contributed by atoms with E-state index >= 15 is 0 Å². The fourth-order valence-corrected chi connectivity index (χ4v) is 2.13. The lowest BCUT2D eigenvalue weighted by Crippen LogP contribution is -2.39. The fourth-order valence-electron chi connectivity index (χ4n) is 2.13. The number of carbonyl (C=O) groups excluding carboxylic acids is 1. The van der Waals surface area contributed by atoms with Crippen LogP contribution < -0.4 is 10.6 Å². The quantitative estimate of drug-likeness (QED) is 0.591. The third-order valence-corrected chi connectivity index (χ3v) is 3.49. The third kappa shape index (κ3) is 5.80. The molecule has 5 heteroatoms. The van der Waals surface area contributed by atoms with Crippen molar-refractivity contribution < 1.29 is 9.53 Å². The van der Waals surface area contributed by atoms with E-state index < -0.39 is 0 Å². The van der Waals surface area contributed by atoms with E-state index in [9.17, 15) is 4.79 Å². The van der Waals surface area contributed by atoms with Crippen LogP contribution in [0.1, 0.15) is 19.3 Å². The van der Waals surface area contributed by atoms with Crippen LogP contribution in [0.25, 0.3) is 0 Å². The molecule has 1 aliphatic heterocycles. The number of nitrogens with one attached hydrogen (secondary N) is 2. The summed E-state index contributed by atoms with van der Waals surface area (Å²) in [6.07, 6.45) is 3.68. The molecule has 1 aliphatic carbocycles. The minimum atomic E-state index is 0.123. The Balaban J connectivity index is 1.40. The van der Waals surface area contributed by atoms with Crippen molar-refractivity contribution in [1.29, 1.82) is 0 Å². The van der Waals surface area contributed by atoms with Crippen LogP contribution in [-0.4, -0.2) is 63.3 Å². The van der Waals surface area contributed by atoms with Gasteiger partial charge in [-0.1, -0.05) is 0 Å². The molecule has 1 saturated carbocycles. The second-order valence-corrected chi connectivity index (χ2v) is 5.23. The monoisotopic (exact) mass is 255 g/mol. The van der Waals surface area contributed by atoms with Crippen molar-refractivity contribution in [3.63, 3.8) is 0 Å². The van der Waals surface area contributed by atoms with Gasteiger partial charge in [0.25, 0.3) is 0 Å². The molecule has 0 aromatic carbocycles. The number of morpholine rings is 1. The van der Waals surface area contributed by atoms with E-state index in [0.29, 0.717) is 6.54 Å². The minimum Gasteiger partial charge on any atom is -0.379 e. The van der Waals surface area contributed by atoms with Gasteiger partial charge in [-0.25, -0.2) is 0 Å². The minimum absolute atomic E-state index is 0.123. The topological polar surface area (TPSA) is 53.6 Å². The maximum atomic E-state index is 11.5. The summed E-state index contributed by atoms with van der Waals surface area (Å²) in [7, 11) is 0. The van der Waals surface area contributed by atoms with E-state index in [1.807, 2.05) is 0 Å². The molecule has 2 rings (SSSR count). The van der Waals surface area contributed by atoms with Crippen LogP contribution in [0.3, 0.4) is 0 Å². The van der Waals surface area contributed by atoms with Gasteiger partial charge in [0.15, 0.2) is 0 Å². The van der Waals surface area contributed by atoms with Crippen LogP contribution in [0.2, 0.25) is 0 Å². The van der Waals surface area contributed by atoms with Gasteiger partial charge in [-0.2, -0.15) is 0 Å². The smallest absolute Gasteiger partial charge is 0.233 e. The summed E-state index contributed by atoms with van der Waals surface area (Å²) in [6.45, 7) is 7.04. The normalized spacial score (nSPS) is 20.9. The summed E-state index contributed by atoms with van der Waals surface area (Å²) in [6, 6.07) is 0. The van der Waals surface area contributed by atoms with Gasteiger partial charge in [-0.3, -0.25) is 9.69 Å². The Bertz CT molecular complexity index is 251. The highest BCUT2D eigenvalue weighted by Crippen LogP contribution is 2.27. The molecule has 2 aliphatic rings. The molecule has 0 unspecified atom stereocenters. The van der Waals surface area contributed by atoms with Crippen LogP contribution in [-0.2, 0) is 9.53 Å². The summed E-state index contributed by atoms with van der Waals surface area (Å²) in [5, 5.41) is 6.16. The number of carbonyl (C=O) groups is 1. The molecule has 0 bridgehead atoms. The Hall–Kier alpha value is -0.650. The maximum Gasteiger partial charge on any atom is 0.233 e. The van der Waals surface area contributed by atoms with Crippen LogP contribution in [0.4, 0.5) is 0 Å². The molecule has 1 heterocycles. The molecule has 1 saturated heterocycles. The van der Waals surface area contributed by atoms with E-state index in [1.54, 1.807) is 0 Å². The van der Waals surface area contributed by atoms with Crippen molar-refractivity contribution >= 4 is 5.91 Å². The highest BCUT2D eigenvalue weighted by atomic mass is 16.5. The number of ether oxygens (including phenoxy) is 1. The zero-order valence-corrected chi connectivity index (χ0v) is 11.1. The lowest BCUT2D eigenvalue weighted by molar-refractivity contribution is -0.120. The largest absolute Gasteiger partial charge is 0.379 e. The Morgan fingerprint density at radius 3 is 2.78 bits per heavy atom. The average molecular weight is 255 g/mol. The van der Waals surface area contributed by atoms with Gasteiger partial charge in [-0.05, 0) is 38.3 Å². The third-order valence-electron chi connectivity index (χ3n) is 3.49. The number of nitrogens with zero attached hydrogens (tertiary/aromatic N) is 1. The van der Waals surface area contributed by atoms with Gasteiger partial charge in [0.1, 0.15) is 0 Å². The Labute approximate surface area is 109 Å². The van der Waals surface area contributed by atoms with E-state index in [0.717, 1.165) is 58.3 Å². The van der Waals surface area contributed by atoms with Crippen LogP contribution in [0.15, 0.2) is 0 Å². The van der Waals surface area contributed by atoms with E-state index in [2.05, 4.69) is 15.5 Å². The van der Waals surface area contributed by atoms with Crippen molar-refractivity contribution in [2.75, 3.05) is 52.5 Å². The van der Waals surface area contributed by atoms with Gasteiger partial charge in [0.2, 0.25) is 5.91 Å². The second-order valence-electron chi connectivity index (χ2n) is 5.23. The standard InChI is InChI=1S/C13H25N3O2/c17-13(11-14-10-12-2-3-12)15-4-1-5-16-6-8-18-9-7-16/h12,14H,1-11H2,(H,15,17). The van der Waals surface area contributed by atoms with Gasteiger partial charge in [-0.15, -0.1) is 0 Å². The summed E-state index contributed by atoms with van der Waals surface area (Å²) in [5.74, 6) is 0.955. The predicted octanol–water partition coefficient (Wildman–Crippen LogP) is -0.175. The molecule has 0 atom stereocenters. The fraction of sp³-hybridized carbons (Fsp3) is 0.923. The maximum absolute atomic E-state index is 11.5. The number of hydrogen-bond donors (Lipinski definition) is 2. The van der Waals surface area contributed by atoms with E-state index in [1.165, 1.54) is 12.8 Å². The molecule has 18 heavy (non-hydrogen) atoms. The molecule has 0 aromatic heterocycles. The molecule has 5 nitrogen and oxygen atoms in total. The van der Waals surface area contributed by atoms with Crippen molar-refractivity contribution in [3.05, 3.63) is 0 Å². The first-order valence-electron chi connectivity index (χ1n) is 7.12. The Morgan fingerprint density at radius 2 is 2.06 bits per heavy atom. The first kappa shape index (κ1) is 13.8. The van der Waals surface area contributed by atoms with Crippen molar-refractivity contribution in [2.45, 2.75) is 19.3 Å². The van der Waals surface area contributed by atoms with Gasteiger partial charge >= 0.3 is 0 Å². The number of hydrogen-bond acceptors (Lipinski definition) is 4.